The molecule has 3 unspecified atom stereocenters. The highest BCUT2D eigenvalue weighted by Gasteiger charge is 2.30. The molecular weight excluding hydrogens is 208 g/mol. The quantitative estimate of drug-likeness (QED) is 0.736. The second-order valence-electron chi connectivity index (χ2n) is 4.66. The monoisotopic (exact) mass is 228 g/mol. The van der Waals surface area contributed by atoms with E-state index in [2.05, 4.69) is 17.6 Å². The molecule has 86 valence electrons. The molecule has 0 bridgehead atoms. The van der Waals surface area contributed by atoms with Crippen molar-refractivity contribution in [3.63, 3.8) is 0 Å². The first-order chi connectivity index (χ1) is 7.27. The van der Waals surface area contributed by atoms with Crippen molar-refractivity contribution in [2.75, 3.05) is 24.6 Å². The van der Waals surface area contributed by atoms with Gasteiger partial charge < -0.3 is 10.6 Å². The average Bonchev–Trinajstić information content (AvgIpc) is 2.66. The summed E-state index contributed by atoms with van der Waals surface area (Å²) in [6.07, 6.45) is 2.40. The first kappa shape index (κ1) is 11.3. The Morgan fingerprint density at radius 1 is 1.47 bits per heavy atom. The molecule has 0 aromatic carbocycles. The van der Waals surface area contributed by atoms with Crippen LogP contribution in [0, 0.1) is 11.8 Å². The lowest BCUT2D eigenvalue weighted by Crippen LogP contribution is -2.43. The second kappa shape index (κ2) is 5.21. The third-order valence-electron chi connectivity index (χ3n) is 3.36. The summed E-state index contributed by atoms with van der Waals surface area (Å²) in [4.78, 5) is 12.0. The van der Waals surface area contributed by atoms with Gasteiger partial charge in [-0.05, 0) is 31.1 Å². The first-order valence-electron chi connectivity index (χ1n) is 5.86. The van der Waals surface area contributed by atoms with Crippen molar-refractivity contribution >= 4 is 17.7 Å². The van der Waals surface area contributed by atoms with E-state index in [4.69, 9.17) is 0 Å². The molecular formula is C11H20N2OS. The molecule has 2 fully saturated rings. The summed E-state index contributed by atoms with van der Waals surface area (Å²) in [5, 5.41) is 6.47. The molecule has 2 heterocycles. The van der Waals surface area contributed by atoms with Gasteiger partial charge in [-0.15, -0.1) is 0 Å². The summed E-state index contributed by atoms with van der Waals surface area (Å²) in [6.45, 7) is 3.99. The number of nitrogens with one attached hydrogen (secondary N) is 2. The zero-order valence-corrected chi connectivity index (χ0v) is 10.1. The maximum absolute atomic E-state index is 12.0. The van der Waals surface area contributed by atoms with Crippen LogP contribution in [0.25, 0.3) is 0 Å². The van der Waals surface area contributed by atoms with Crippen LogP contribution in [0.1, 0.15) is 19.8 Å². The van der Waals surface area contributed by atoms with E-state index in [0.717, 1.165) is 25.3 Å². The number of amides is 1. The lowest BCUT2D eigenvalue weighted by atomic mass is 9.97. The minimum Gasteiger partial charge on any atom is -0.352 e. The molecule has 0 aliphatic carbocycles. The van der Waals surface area contributed by atoms with E-state index >= 15 is 0 Å². The fraction of sp³-hybridized carbons (Fsp3) is 0.909. The van der Waals surface area contributed by atoms with Gasteiger partial charge in [0.05, 0.1) is 5.92 Å². The van der Waals surface area contributed by atoms with Crippen molar-refractivity contribution in [3.05, 3.63) is 0 Å². The number of hydrogen-bond donors (Lipinski definition) is 2. The minimum absolute atomic E-state index is 0.192. The molecule has 3 atom stereocenters. The molecule has 0 aromatic rings. The number of carbonyl (C=O) groups excluding carboxylic acids is 1. The molecule has 15 heavy (non-hydrogen) atoms. The van der Waals surface area contributed by atoms with E-state index in [1.54, 1.807) is 0 Å². The summed E-state index contributed by atoms with van der Waals surface area (Å²) < 4.78 is 0. The van der Waals surface area contributed by atoms with Gasteiger partial charge in [0.1, 0.15) is 0 Å². The Kier molecular flexibility index (Phi) is 3.92. The van der Waals surface area contributed by atoms with Crippen LogP contribution < -0.4 is 10.6 Å². The van der Waals surface area contributed by atoms with Crippen LogP contribution in [0.5, 0.6) is 0 Å². The van der Waals surface area contributed by atoms with Crippen molar-refractivity contribution < 1.29 is 4.79 Å². The van der Waals surface area contributed by atoms with Gasteiger partial charge in [-0.25, -0.2) is 0 Å². The van der Waals surface area contributed by atoms with Gasteiger partial charge in [0.25, 0.3) is 0 Å². The van der Waals surface area contributed by atoms with E-state index < -0.39 is 0 Å². The van der Waals surface area contributed by atoms with Gasteiger partial charge >= 0.3 is 0 Å². The highest BCUT2D eigenvalue weighted by Crippen LogP contribution is 2.19. The summed E-state index contributed by atoms with van der Waals surface area (Å²) in [5.74, 6) is 3.30. The van der Waals surface area contributed by atoms with Crippen LogP contribution in [0.15, 0.2) is 0 Å². The third kappa shape index (κ3) is 2.88. The molecule has 2 aliphatic rings. The largest absolute Gasteiger partial charge is 0.352 e. The minimum atomic E-state index is 0.192. The summed E-state index contributed by atoms with van der Waals surface area (Å²) in [6, 6.07) is 0.420. The summed E-state index contributed by atoms with van der Waals surface area (Å²) in [7, 11) is 0. The standard InChI is InChI=1S/C11H20N2OS/c1-8-5-12-6-10(8)11(14)13-9-3-2-4-15-7-9/h8-10,12H,2-7H2,1H3,(H,13,14). The molecule has 4 heteroatoms. The zero-order valence-electron chi connectivity index (χ0n) is 9.29. The molecule has 2 saturated heterocycles. The molecule has 0 saturated carbocycles. The van der Waals surface area contributed by atoms with Gasteiger partial charge in [0, 0.05) is 18.3 Å². The van der Waals surface area contributed by atoms with E-state index in [-0.39, 0.29) is 11.8 Å². The molecule has 2 aliphatic heterocycles. The smallest absolute Gasteiger partial charge is 0.224 e. The Morgan fingerprint density at radius 2 is 2.33 bits per heavy atom. The normalized spacial score (nSPS) is 36.5. The van der Waals surface area contributed by atoms with Gasteiger partial charge in [-0.1, -0.05) is 6.92 Å². The molecule has 2 rings (SSSR count). The van der Waals surface area contributed by atoms with Crippen LogP contribution in [-0.4, -0.2) is 36.5 Å². The summed E-state index contributed by atoms with van der Waals surface area (Å²) in [5.41, 5.74) is 0. The van der Waals surface area contributed by atoms with Crippen LogP contribution in [0.2, 0.25) is 0 Å². The molecule has 1 amide bonds. The number of hydrogen-bond acceptors (Lipinski definition) is 3. The number of rotatable bonds is 2. The first-order valence-corrected chi connectivity index (χ1v) is 7.01. The maximum atomic E-state index is 12.0. The Bertz CT molecular complexity index is 229. The predicted octanol–water partition coefficient (Wildman–Crippen LogP) is 0.854. The van der Waals surface area contributed by atoms with Crippen molar-refractivity contribution in [3.8, 4) is 0 Å². The molecule has 2 N–H and O–H groups in total. The lowest BCUT2D eigenvalue weighted by Gasteiger charge is -2.24. The van der Waals surface area contributed by atoms with Gasteiger partial charge in [-0.3, -0.25) is 4.79 Å². The Hall–Kier alpha value is -0.220. The van der Waals surface area contributed by atoms with Gasteiger partial charge in [-0.2, -0.15) is 11.8 Å². The molecule has 0 aromatic heterocycles. The molecule has 3 nitrogen and oxygen atoms in total. The topological polar surface area (TPSA) is 41.1 Å². The van der Waals surface area contributed by atoms with E-state index in [0.29, 0.717) is 12.0 Å². The Morgan fingerprint density at radius 3 is 2.93 bits per heavy atom. The third-order valence-corrected chi connectivity index (χ3v) is 4.58. The van der Waals surface area contributed by atoms with E-state index in [1.807, 2.05) is 11.8 Å². The van der Waals surface area contributed by atoms with E-state index in [1.165, 1.54) is 12.2 Å². The lowest BCUT2D eigenvalue weighted by molar-refractivity contribution is -0.126. The van der Waals surface area contributed by atoms with Crippen LogP contribution >= 0.6 is 11.8 Å². The van der Waals surface area contributed by atoms with Gasteiger partial charge in [0.15, 0.2) is 0 Å². The Balaban J connectivity index is 1.80. The highest BCUT2D eigenvalue weighted by atomic mass is 32.2. The molecule has 0 radical (unpaired) electrons. The van der Waals surface area contributed by atoms with Gasteiger partial charge in [0.2, 0.25) is 5.91 Å². The van der Waals surface area contributed by atoms with Crippen molar-refractivity contribution in [2.45, 2.75) is 25.8 Å². The number of carbonyl (C=O) groups is 1. The van der Waals surface area contributed by atoms with E-state index in [9.17, 15) is 4.79 Å². The SMILES string of the molecule is CC1CNCC1C(=O)NC1CCCSC1. The van der Waals surface area contributed by atoms with Crippen molar-refractivity contribution in [1.29, 1.82) is 0 Å². The van der Waals surface area contributed by atoms with Crippen molar-refractivity contribution in [2.24, 2.45) is 11.8 Å². The second-order valence-corrected chi connectivity index (χ2v) is 5.81. The maximum Gasteiger partial charge on any atom is 0.224 e. The van der Waals surface area contributed by atoms with Crippen LogP contribution in [-0.2, 0) is 4.79 Å². The van der Waals surface area contributed by atoms with Crippen molar-refractivity contribution in [1.82, 2.24) is 10.6 Å². The zero-order chi connectivity index (χ0) is 10.7. The fourth-order valence-corrected chi connectivity index (χ4v) is 3.40. The fourth-order valence-electron chi connectivity index (χ4n) is 2.32. The van der Waals surface area contributed by atoms with Crippen LogP contribution in [0.3, 0.4) is 0 Å². The highest BCUT2D eigenvalue weighted by molar-refractivity contribution is 7.99. The Labute approximate surface area is 95.8 Å². The predicted molar refractivity (Wildman–Crippen MR) is 64.0 cm³/mol. The molecule has 0 spiro atoms. The average molecular weight is 228 g/mol. The number of thioether (sulfide) groups is 1. The van der Waals surface area contributed by atoms with Crippen LogP contribution in [0.4, 0.5) is 0 Å². The summed E-state index contributed by atoms with van der Waals surface area (Å²) >= 11 is 1.96.